The fourth-order valence-electron chi connectivity index (χ4n) is 3.59. The lowest BCUT2D eigenvalue weighted by Gasteiger charge is -2.32. The van der Waals surface area contributed by atoms with E-state index >= 15 is 0 Å². The van der Waals surface area contributed by atoms with E-state index < -0.39 is 0 Å². The first-order chi connectivity index (χ1) is 9.63. The Bertz CT molecular complexity index is 412. The van der Waals surface area contributed by atoms with Crippen LogP contribution in [0, 0.1) is 25.6 Å². The summed E-state index contributed by atoms with van der Waals surface area (Å²) in [5.41, 5.74) is 3.03. The molecule has 1 aliphatic rings. The van der Waals surface area contributed by atoms with E-state index in [1.165, 1.54) is 32.1 Å². The minimum Gasteiger partial charge on any atom is -0.310 e. The van der Waals surface area contributed by atoms with Crippen molar-refractivity contribution in [3.63, 3.8) is 0 Å². The van der Waals surface area contributed by atoms with Gasteiger partial charge in [-0.3, -0.25) is 0 Å². The van der Waals surface area contributed by atoms with Crippen LogP contribution in [-0.4, -0.2) is 6.54 Å². The number of aryl methyl sites for hydroxylation is 2. The Labute approximate surface area is 123 Å². The zero-order chi connectivity index (χ0) is 14.5. The highest BCUT2D eigenvalue weighted by Crippen LogP contribution is 2.37. The van der Waals surface area contributed by atoms with Crippen molar-refractivity contribution in [1.29, 1.82) is 0 Å². The van der Waals surface area contributed by atoms with E-state index in [0.717, 1.165) is 29.7 Å². The summed E-state index contributed by atoms with van der Waals surface area (Å²) < 4.78 is 14.5. The molecule has 2 heteroatoms. The van der Waals surface area contributed by atoms with Gasteiger partial charge in [0.2, 0.25) is 0 Å². The summed E-state index contributed by atoms with van der Waals surface area (Å²) in [6, 6.07) is 3.99. The van der Waals surface area contributed by atoms with Crippen molar-refractivity contribution in [2.75, 3.05) is 6.54 Å². The van der Waals surface area contributed by atoms with Crippen LogP contribution in [0.5, 0.6) is 0 Å². The molecule has 20 heavy (non-hydrogen) atoms. The third kappa shape index (κ3) is 3.60. The lowest BCUT2D eigenvalue weighted by Crippen LogP contribution is -2.31. The Morgan fingerprint density at radius 2 is 1.90 bits per heavy atom. The van der Waals surface area contributed by atoms with Gasteiger partial charge < -0.3 is 5.32 Å². The Hall–Kier alpha value is -0.890. The van der Waals surface area contributed by atoms with E-state index in [0.29, 0.717) is 5.92 Å². The van der Waals surface area contributed by atoms with Gasteiger partial charge in [0, 0.05) is 11.6 Å². The Balaban J connectivity index is 2.29. The molecule has 0 saturated heterocycles. The maximum absolute atomic E-state index is 14.5. The standard InChI is InChI=1S/C18H28FN/c1-4-10-20-18(15-8-6-5-7-9-15)17-14(3)11-13(2)12-16(17)19/h11-12,15,18,20H,4-10H2,1-3H3. The lowest BCUT2D eigenvalue weighted by atomic mass is 9.79. The highest BCUT2D eigenvalue weighted by molar-refractivity contribution is 5.35. The molecule has 1 N–H and O–H groups in total. The van der Waals surface area contributed by atoms with Crippen LogP contribution in [0.2, 0.25) is 0 Å². The molecule has 0 aromatic heterocycles. The zero-order valence-corrected chi connectivity index (χ0v) is 13.1. The Morgan fingerprint density at radius 1 is 1.20 bits per heavy atom. The van der Waals surface area contributed by atoms with Gasteiger partial charge in [-0.25, -0.2) is 4.39 Å². The minimum absolute atomic E-state index is 0.0262. The molecule has 1 nitrogen and oxygen atoms in total. The summed E-state index contributed by atoms with van der Waals surface area (Å²) in [6.45, 7) is 7.15. The predicted molar refractivity (Wildman–Crippen MR) is 83.5 cm³/mol. The molecule has 0 spiro atoms. The van der Waals surface area contributed by atoms with Crippen LogP contribution in [-0.2, 0) is 0 Å². The fraction of sp³-hybridized carbons (Fsp3) is 0.667. The average molecular weight is 277 g/mol. The van der Waals surface area contributed by atoms with Gasteiger partial charge in [-0.15, -0.1) is 0 Å². The predicted octanol–water partition coefficient (Wildman–Crippen LogP) is 5.06. The van der Waals surface area contributed by atoms with E-state index in [1.54, 1.807) is 6.07 Å². The van der Waals surface area contributed by atoms with Crippen molar-refractivity contribution < 1.29 is 4.39 Å². The fourth-order valence-corrected chi connectivity index (χ4v) is 3.59. The largest absolute Gasteiger partial charge is 0.310 e. The molecule has 0 amide bonds. The maximum Gasteiger partial charge on any atom is 0.128 e. The monoisotopic (exact) mass is 277 g/mol. The van der Waals surface area contributed by atoms with Gasteiger partial charge in [0.15, 0.2) is 0 Å². The lowest BCUT2D eigenvalue weighted by molar-refractivity contribution is 0.266. The first-order valence-electron chi connectivity index (χ1n) is 8.13. The minimum atomic E-state index is -0.0262. The van der Waals surface area contributed by atoms with Crippen LogP contribution < -0.4 is 5.32 Å². The normalized spacial score (nSPS) is 18.2. The van der Waals surface area contributed by atoms with E-state index in [-0.39, 0.29) is 11.9 Å². The van der Waals surface area contributed by atoms with Gasteiger partial charge in [0.1, 0.15) is 5.82 Å². The molecule has 0 radical (unpaired) electrons. The molecule has 1 aromatic rings. The molecule has 1 unspecified atom stereocenters. The summed E-state index contributed by atoms with van der Waals surface area (Å²) in [6.07, 6.45) is 7.48. The number of halogens is 1. The van der Waals surface area contributed by atoms with E-state index in [1.807, 2.05) is 6.92 Å². The van der Waals surface area contributed by atoms with Crippen LogP contribution in [0.4, 0.5) is 4.39 Å². The van der Waals surface area contributed by atoms with Crippen LogP contribution in [0.3, 0.4) is 0 Å². The van der Waals surface area contributed by atoms with E-state index in [2.05, 4.69) is 25.2 Å². The third-order valence-electron chi connectivity index (χ3n) is 4.53. The van der Waals surface area contributed by atoms with Crippen molar-refractivity contribution in [2.45, 2.75) is 65.3 Å². The van der Waals surface area contributed by atoms with Gasteiger partial charge >= 0.3 is 0 Å². The summed E-state index contributed by atoms with van der Waals surface area (Å²) in [5, 5.41) is 3.62. The van der Waals surface area contributed by atoms with Gasteiger partial charge in [-0.2, -0.15) is 0 Å². The van der Waals surface area contributed by atoms with Crippen LogP contribution in [0.15, 0.2) is 12.1 Å². The molecular weight excluding hydrogens is 249 g/mol. The SMILES string of the molecule is CCCNC(c1c(C)cc(C)cc1F)C1CCCCC1. The summed E-state index contributed by atoms with van der Waals surface area (Å²) in [5.74, 6) is 0.563. The van der Waals surface area contributed by atoms with Crippen LogP contribution in [0.25, 0.3) is 0 Å². The number of hydrogen-bond acceptors (Lipinski definition) is 1. The molecule has 1 fully saturated rings. The number of rotatable bonds is 5. The molecule has 1 atom stereocenters. The van der Waals surface area contributed by atoms with Gasteiger partial charge in [0.05, 0.1) is 0 Å². The smallest absolute Gasteiger partial charge is 0.128 e. The molecule has 112 valence electrons. The summed E-state index contributed by atoms with van der Waals surface area (Å²) in [7, 11) is 0. The second kappa shape index (κ2) is 7.21. The van der Waals surface area contributed by atoms with Gasteiger partial charge in [-0.1, -0.05) is 32.3 Å². The third-order valence-corrected chi connectivity index (χ3v) is 4.53. The molecule has 2 rings (SSSR count). The van der Waals surface area contributed by atoms with Crippen molar-refractivity contribution in [3.05, 3.63) is 34.6 Å². The molecule has 1 saturated carbocycles. The van der Waals surface area contributed by atoms with E-state index in [4.69, 9.17) is 0 Å². The van der Waals surface area contributed by atoms with E-state index in [9.17, 15) is 4.39 Å². The first-order valence-corrected chi connectivity index (χ1v) is 8.13. The van der Waals surface area contributed by atoms with Crippen molar-refractivity contribution in [1.82, 2.24) is 5.32 Å². The zero-order valence-electron chi connectivity index (χ0n) is 13.1. The van der Waals surface area contributed by atoms with Crippen molar-refractivity contribution in [2.24, 2.45) is 5.92 Å². The average Bonchev–Trinajstić information content (AvgIpc) is 2.42. The summed E-state index contributed by atoms with van der Waals surface area (Å²) in [4.78, 5) is 0. The molecule has 1 aromatic carbocycles. The number of benzene rings is 1. The quantitative estimate of drug-likeness (QED) is 0.793. The second-order valence-corrected chi connectivity index (χ2v) is 6.31. The number of nitrogens with one attached hydrogen (secondary N) is 1. The molecular formula is C18H28FN. The maximum atomic E-state index is 14.5. The first kappa shape index (κ1) is 15.5. The number of hydrogen-bond donors (Lipinski definition) is 1. The summed E-state index contributed by atoms with van der Waals surface area (Å²) >= 11 is 0. The second-order valence-electron chi connectivity index (χ2n) is 6.31. The van der Waals surface area contributed by atoms with Crippen molar-refractivity contribution >= 4 is 0 Å². The highest BCUT2D eigenvalue weighted by atomic mass is 19.1. The van der Waals surface area contributed by atoms with Gasteiger partial charge in [0.25, 0.3) is 0 Å². The Morgan fingerprint density at radius 3 is 2.50 bits per heavy atom. The molecule has 1 aliphatic carbocycles. The van der Waals surface area contributed by atoms with Crippen molar-refractivity contribution in [3.8, 4) is 0 Å². The highest BCUT2D eigenvalue weighted by Gasteiger charge is 2.27. The molecule has 0 aliphatic heterocycles. The van der Waals surface area contributed by atoms with Crippen LogP contribution in [0.1, 0.15) is 68.2 Å². The molecule has 0 heterocycles. The van der Waals surface area contributed by atoms with Crippen LogP contribution >= 0.6 is 0 Å². The Kier molecular flexibility index (Phi) is 5.59. The topological polar surface area (TPSA) is 12.0 Å². The van der Waals surface area contributed by atoms with Gasteiger partial charge in [-0.05, 0) is 62.8 Å². The molecule has 0 bridgehead atoms.